The largest absolute Gasteiger partial charge is 0.399 e. The number of halogens is 2. The molecule has 2 nitrogen and oxygen atoms in total. The van der Waals surface area contributed by atoms with E-state index < -0.39 is 11.6 Å². The van der Waals surface area contributed by atoms with Gasteiger partial charge in [0.2, 0.25) is 0 Å². The summed E-state index contributed by atoms with van der Waals surface area (Å²) in [6.07, 6.45) is 0. The molecule has 100 valence electrons. The van der Waals surface area contributed by atoms with Gasteiger partial charge in [0, 0.05) is 22.2 Å². The molecule has 20 heavy (non-hydrogen) atoms. The van der Waals surface area contributed by atoms with Crippen molar-refractivity contribution in [3.63, 3.8) is 0 Å². The van der Waals surface area contributed by atoms with E-state index in [1.807, 2.05) is 12.1 Å². The van der Waals surface area contributed by atoms with Crippen molar-refractivity contribution >= 4 is 17.0 Å². The minimum absolute atomic E-state index is 0.163. The Hall–Kier alpha value is -2.27. The van der Waals surface area contributed by atoms with Gasteiger partial charge in [-0.25, -0.2) is 13.8 Å². The van der Waals surface area contributed by atoms with Crippen LogP contribution in [-0.2, 0) is 0 Å². The number of hydrogen-bond acceptors (Lipinski definition) is 3. The Kier molecular flexibility index (Phi) is 3.20. The average molecular weight is 288 g/mol. The third-order valence-corrected chi connectivity index (χ3v) is 3.73. The Morgan fingerprint density at radius 1 is 1.05 bits per heavy atom. The molecule has 0 aliphatic rings. The number of rotatable bonds is 2. The lowest BCUT2D eigenvalue weighted by Gasteiger charge is -2.00. The van der Waals surface area contributed by atoms with Gasteiger partial charge >= 0.3 is 0 Å². The first-order valence-electron chi connectivity index (χ1n) is 5.90. The van der Waals surface area contributed by atoms with E-state index in [2.05, 4.69) is 4.98 Å². The number of anilines is 1. The van der Waals surface area contributed by atoms with E-state index in [0.717, 1.165) is 28.8 Å². The highest BCUT2D eigenvalue weighted by molar-refractivity contribution is 7.13. The smallest absolute Gasteiger partial charge is 0.132 e. The highest BCUT2D eigenvalue weighted by Gasteiger charge is 2.11. The molecule has 0 atom stereocenters. The number of nitrogen functional groups attached to an aromatic ring is 1. The first-order chi connectivity index (χ1) is 9.63. The molecular formula is C15H10F2N2S. The normalized spacial score (nSPS) is 10.7. The molecule has 0 saturated heterocycles. The summed E-state index contributed by atoms with van der Waals surface area (Å²) in [6.45, 7) is 0. The van der Waals surface area contributed by atoms with Crippen molar-refractivity contribution in [3.8, 4) is 21.8 Å². The van der Waals surface area contributed by atoms with Crippen LogP contribution < -0.4 is 5.73 Å². The SMILES string of the molecule is Nc1cccc(-c2nc(-c3cc(F)ccc3F)cs2)c1. The summed E-state index contributed by atoms with van der Waals surface area (Å²) < 4.78 is 26.9. The fourth-order valence-corrected chi connectivity index (χ4v) is 2.71. The van der Waals surface area contributed by atoms with E-state index >= 15 is 0 Å². The fraction of sp³-hybridized carbons (Fsp3) is 0. The van der Waals surface area contributed by atoms with Crippen molar-refractivity contribution in [2.24, 2.45) is 0 Å². The first-order valence-corrected chi connectivity index (χ1v) is 6.78. The molecule has 0 saturated carbocycles. The van der Waals surface area contributed by atoms with Crippen molar-refractivity contribution < 1.29 is 8.78 Å². The molecule has 5 heteroatoms. The number of thiazole rings is 1. The summed E-state index contributed by atoms with van der Waals surface area (Å²) in [5, 5.41) is 2.42. The summed E-state index contributed by atoms with van der Waals surface area (Å²) in [6, 6.07) is 10.6. The van der Waals surface area contributed by atoms with Crippen LogP contribution in [0.1, 0.15) is 0 Å². The Labute approximate surface area is 118 Å². The van der Waals surface area contributed by atoms with E-state index in [4.69, 9.17) is 5.73 Å². The van der Waals surface area contributed by atoms with Crippen LogP contribution >= 0.6 is 11.3 Å². The molecule has 1 aromatic heterocycles. The van der Waals surface area contributed by atoms with Crippen LogP contribution in [0.2, 0.25) is 0 Å². The van der Waals surface area contributed by atoms with Crippen LogP contribution in [0.15, 0.2) is 47.8 Å². The molecule has 0 radical (unpaired) electrons. The van der Waals surface area contributed by atoms with Gasteiger partial charge in [-0.3, -0.25) is 0 Å². The molecule has 2 N–H and O–H groups in total. The molecule has 0 unspecified atom stereocenters. The Balaban J connectivity index is 2.04. The monoisotopic (exact) mass is 288 g/mol. The van der Waals surface area contributed by atoms with Gasteiger partial charge in [-0.1, -0.05) is 12.1 Å². The van der Waals surface area contributed by atoms with Crippen molar-refractivity contribution in [1.29, 1.82) is 0 Å². The summed E-state index contributed by atoms with van der Waals surface area (Å²) in [5.74, 6) is -0.976. The standard InChI is InChI=1S/C15H10F2N2S/c16-10-4-5-13(17)12(7-10)14-8-20-15(19-14)9-2-1-3-11(18)6-9/h1-8H,18H2. The molecule has 0 bridgehead atoms. The van der Waals surface area contributed by atoms with Crippen molar-refractivity contribution in [3.05, 3.63) is 59.5 Å². The highest BCUT2D eigenvalue weighted by atomic mass is 32.1. The number of nitrogens with two attached hydrogens (primary N) is 1. The fourth-order valence-electron chi connectivity index (χ4n) is 1.90. The number of hydrogen-bond donors (Lipinski definition) is 1. The van der Waals surface area contributed by atoms with Crippen LogP contribution in [0.5, 0.6) is 0 Å². The van der Waals surface area contributed by atoms with Crippen LogP contribution in [0.3, 0.4) is 0 Å². The van der Waals surface area contributed by atoms with Gasteiger partial charge in [0.1, 0.15) is 16.6 Å². The molecule has 0 aliphatic carbocycles. The van der Waals surface area contributed by atoms with Gasteiger partial charge in [-0.2, -0.15) is 0 Å². The van der Waals surface area contributed by atoms with Crippen LogP contribution in [-0.4, -0.2) is 4.98 Å². The summed E-state index contributed by atoms with van der Waals surface area (Å²) in [5.41, 5.74) is 7.80. The van der Waals surface area contributed by atoms with Crippen molar-refractivity contribution in [2.75, 3.05) is 5.73 Å². The van der Waals surface area contributed by atoms with E-state index in [-0.39, 0.29) is 5.56 Å². The van der Waals surface area contributed by atoms with Crippen molar-refractivity contribution in [1.82, 2.24) is 4.98 Å². The Morgan fingerprint density at radius 3 is 2.70 bits per heavy atom. The molecule has 3 rings (SSSR count). The lowest BCUT2D eigenvalue weighted by molar-refractivity contribution is 0.603. The van der Waals surface area contributed by atoms with Gasteiger partial charge in [-0.05, 0) is 30.3 Å². The Morgan fingerprint density at radius 2 is 1.90 bits per heavy atom. The molecule has 1 heterocycles. The molecule has 0 fully saturated rings. The van der Waals surface area contributed by atoms with Gasteiger partial charge in [0.15, 0.2) is 0 Å². The maximum absolute atomic E-state index is 13.7. The maximum atomic E-state index is 13.7. The van der Waals surface area contributed by atoms with Crippen LogP contribution in [0.4, 0.5) is 14.5 Å². The summed E-state index contributed by atoms with van der Waals surface area (Å²) >= 11 is 1.36. The maximum Gasteiger partial charge on any atom is 0.132 e. The third-order valence-electron chi connectivity index (χ3n) is 2.84. The minimum Gasteiger partial charge on any atom is -0.399 e. The van der Waals surface area contributed by atoms with E-state index in [1.54, 1.807) is 17.5 Å². The molecule has 0 spiro atoms. The Bertz CT molecular complexity index is 768. The van der Waals surface area contributed by atoms with E-state index in [1.165, 1.54) is 11.3 Å². The summed E-state index contributed by atoms with van der Waals surface area (Å²) in [7, 11) is 0. The lowest BCUT2D eigenvalue weighted by Crippen LogP contribution is -1.87. The van der Waals surface area contributed by atoms with Crippen molar-refractivity contribution in [2.45, 2.75) is 0 Å². The molecule has 0 aliphatic heterocycles. The number of aromatic nitrogens is 1. The van der Waals surface area contributed by atoms with Gasteiger partial charge < -0.3 is 5.73 Å². The van der Waals surface area contributed by atoms with Crippen LogP contribution in [0.25, 0.3) is 21.8 Å². The lowest BCUT2D eigenvalue weighted by atomic mass is 10.1. The topological polar surface area (TPSA) is 38.9 Å². The second kappa shape index (κ2) is 5.02. The van der Waals surface area contributed by atoms with E-state index in [9.17, 15) is 8.78 Å². The summed E-state index contributed by atoms with van der Waals surface area (Å²) in [4.78, 5) is 4.35. The second-order valence-electron chi connectivity index (χ2n) is 4.29. The zero-order chi connectivity index (χ0) is 14.1. The second-order valence-corrected chi connectivity index (χ2v) is 5.15. The molecule has 3 aromatic rings. The number of benzene rings is 2. The highest BCUT2D eigenvalue weighted by Crippen LogP contribution is 2.31. The predicted molar refractivity (Wildman–Crippen MR) is 77.3 cm³/mol. The molecular weight excluding hydrogens is 278 g/mol. The van der Waals surface area contributed by atoms with Gasteiger partial charge in [-0.15, -0.1) is 11.3 Å². The molecule has 2 aromatic carbocycles. The quantitative estimate of drug-likeness (QED) is 0.712. The van der Waals surface area contributed by atoms with E-state index in [0.29, 0.717) is 11.4 Å². The van der Waals surface area contributed by atoms with Gasteiger partial charge in [0.25, 0.3) is 0 Å². The van der Waals surface area contributed by atoms with Crippen LogP contribution in [0, 0.1) is 11.6 Å². The minimum atomic E-state index is -0.490. The van der Waals surface area contributed by atoms with Gasteiger partial charge in [0.05, 0.1) is 5.69 Å². The average Bonchev–Trinajstić information content (AvgIpc) is 2.91. The zero-order valence-corrected chi connectivity index (χ0v) is 11.1. The molecule has 0 amide bonds. The predicted octanol–water partition coefficient (Wildman–Crippen LogP) is 4.34. The zero-order valence-electron chi connectivity index (χ0n) is 10.3. The third kappa shape index (κ3) is 2.40. The number of nitrogens with zero attached hydrogens (tertiary/aromatic N) is 1. The first kappa shape index (κ1) is 12.7.